The second-order valence-corrected chi connectivity index (χ2v) is 4.67. The third kappa shape index (κ3) is 2.06. The molecule has 0 aliphatic carbocycles. The van der Waals surface area contributed by atoms with Crippen LogP contribution in [0.25, 0.3) is 0 Å². The molecule has 1 aromatic rings. The SMILES string of the molecule is CS(=O)(=O)c1ccccc1C(=N)N. The highest BCUT2D eigenvalue weighted by atomic mass is 32.2. The monoisotopic (exact) mass is 198 g/mol. The summed E-state index contributed by atoms with van der Waals surface area (Å²) in [5.74, 6) is -0.235. The number of benzene rings is 1. The van der Waals surface area contributed by atoms with E-state index < -0.39 is 9.84 Å². The van der Waals surface area contributed by atoms with Gasteiger partial charge in [-0.3, -0.25) is 5.41 Å². The zero-order valence-electron chi connectivity index (χ0n) is 7.11. The molecule has 0 atom stereocenters. The Hall–Kier alpha value is -1.36. The van der Waals surface area contributed by atoms with E-state index in [9.17, 15) is 8.42 Å². The van der Waals surface area contributed by atoms with Crippen molar-refractivity contribution in [1.29, 1.82) is 5.41 Å². The second kappa shape index (κ2) is 3.18. The normalized spacial score (nSPS) is 11.2. The van der Waals surface area contributed by atoms with Crippen molar-refractivity contribution in [1.82, 2.24) is 0 Å². The lowest BCUT2D eigenvalue weighted by molar-refractivity contribution is 0.601. The molecule has 1 rings (SSSR count). The van der Waals surface area contributed by atoms with Gasteiger partial charge in [-0.2, -0.15) is 0 Å². The lowest BCUT2D eigenvalue weighted by Gasteiger charge is -2.04. The highest BCUT2D eigenvalue weighted by Gasteiger charge is 2.13. The molecule has 0 bridgehead atoms. The number of amidine groups is 1. The Bertz CT molecular complexity index is 437. The molecule has 0 radical (unpaired) electrons. The second-order valence-electron chi connectivity index (χ2n) is 2.68. The zero-order chi connectivity index (χ0) is 10.1. The van der Waals surface area contributed by atoms with Crippen molar-refractivity contribution in [2.24, 2.45) is 5.73 Å². The Morgan fingerprint density at radius 2 is 1.92 bits per heavy atom. The van der Waals surface area contributed by atoms with Crippen molar-refractivity contribution in [2.75, 3.05) is 6.26 Å². The average Bonchev–Trinajstić information content (AvgIpc) is 2.03. The third-order valence-electron chi connectivity index (χ3n) is 1.58. The predicted octanol–water partition coefficient (Wildman–Crippen LogP) is 0.374. The van der Waals surface area contributed by atoms with Gasteiger partial charge in [-0.25, -0.2) is 8.42 Å². The molecule has 4 nitrogen and oxygen atoms in total. The molecule has 0 aliphatic rings. The minimum atomic E-state index is -3.30. The average molecular weight is 198 g/mol. The molecular weight excluding hydrogens is 188 g/mol. The van der Waals surface area contributed by atoms with Crippen molar-refractivity contribution in [3.05, 3.63) is 29.8 Å². The molecule has 0 spiro atoms. The summed E-state index contributed by atoms with van der Waals surface area (Å²) in [6.45, 7) is 0. The van der Waals surface area contributed by atoms with Crippen molar-refractivity contribution in [3.8, 4) is 0 Å². The van der Waals surface area contributed by atoms with Crippen molar-refractivity contribution in [2.45, 2.75) is 4.90 Å². The standard InChI is InChI=1S/C8H10N2O2S/c1-13(11,12)7-5-3-2-4-6(7)8(9)10/h2-5H,1H3,(H3,9,10). The van der Waals surface area contributed by atoms with Crippen LogP contribution in [0.5, 0.6) is 0 Å². The Kier molecular flexibility index (Phi) is 2.38. The van der Waals surface area contributed by atoms with Crippen molar-refractivity contribution in [3.63, 3.8) is 0 Å². The van der Waals surface area contributed by atoms with Crippen LogP contribution in [0.3, 0.4) is 0 Å². The van der Waals surface area contributed by atoms with E-state index in [4.69, 9.17) is 11.1 Å². The molecule has 0 saturated carbocycles. The van der Waals surface area contributed by atoms with Crippen LogP contribution in [0.1, 0.15) is 5.56 Å². The van der Waals surface area contributed by atoms with Crippen LogP contribution in [0.2, 0.25) is 0 Å². The molecule has 0 aliphatic heterocycles. The molecule has 0 saturated heterocycles. The summed E-state index contributed by atoms with van der Waals surface area (Å²) >= 11 is 0. The summed E-state index contributed by atoms with van der Waals surface area (Å²) in [5.41, 5.74) is 5.48. The van der Waals surface area contributed by atoms with E-state index in [0.717, 1.165) is 6.26 Å². The molecule has 0 heterocycles. The molecule has 5 heteroatoms. The number of nitrogen functional groups attached to an aromatic ring is 1. The number of hydrogen-bond acceptors (Lipinski definition) is 3. The molecule has 70 valence electrons. The predicted molar refractivity (Wildman–Crippen MR) is 50.6 cm³/mol. The van der Waals surface area contributed by atoms with Gasteiger partial charge >= 0.3 is 0 Å². The molecular formula is C8H10N2O2S. The minimum absolute atomic E-state index is 0.0995. The summed E-state index contributed by atoms with van der Waals surface area (Å²) in [6.07, 6.45) is 1.09. The largest absolute Gasteiger partial charge is 0.384 e. The number of sulfone groups is 1. The summed E-state index contributed by atoms with van der Waals surface area (Å²) < 4.78 is 22.4. The van der Waals surface area contributed by atoms with Crippen LogP contribution in [-0.4, -0.2) is 20.5 Å². The minimum Gasteiger partial charge on any atom is -0.384 e. The molecule has 3 N–H and O–H groups in total. The van der Waals surface area contributed by atoms with Crippen LogP contribution in [0, 0.1) is 5.41 Å². The lowest BCUT2D eigenvalue weighted by atomic mass is 10.2. The topological polar surface area (TPSA) is 84.0 Å². The van der Waals surface area contributed by atoms with Gasteiger partial charge in [-0.1, -0.05) is 12.1 Å². The maximum absolute atomic E-state index is 11.2. The number of nitrogens with one attached hydrogen (secondary N) is 1. The van der Waals surface area contributed by atoms with Gasteiger partial charge in [-0.15, -0.1) is 0 Å². The van der Waals surface area contributed by atoms with Crippen molar-refractivity contribution < 1.29 is 8.42 Å². The Balaban J connectivity index is 3.46. The zero-order valence-corrected chi connectivity index (χ0v) is 7.93. The first-order chi connectivity index (χ1) is 5.93. The maximum atomic E-state index is 11.2. The molecule has 0 amide bonds. The third-order valence-corrected chi connectivity index (χ3v) is 2.73. The highest BCUT2D eigenvalue weighted by molar-refractivity contribution is 7.90. The fourth-order valence-electron chi connectivity index (χ4n) is 1.01. The first-order valence-electron chi connectivity index (χ1n) is 3.56. The van der Waals surface area contributed by atoms with Gasteiger partial charge < -0.3 is 5.73 Å². The fraction of sp³-hybridized carbons (Fsp3) is 0.125. The smallest absolute Gasteiger partial charge is 0.176 e. The van der Waals surface area contributed by atoms with E-state index in [0.29, 0.717) is 0 Å². The molecule has 0 fully saturated rings. The van der Waals surface area contributed by atoms with Gasteiger partial charge in [0.05, 0.1) is 4.90 Å². The van der Waals surface area contributed by atoms with Gasteiger partial charge in [0.25, 0.3) is 0 Å². The van der Waals surface area contributed by atoms with E-state index in [1.165, 1.54) is 12.1 Å². The summed E-state index contributed by atoms with van der Waals surface area (Å²) in [6, 6.07) is 6.19. The van der Waals surface area contributed by atoms with E-state index in [-0.39, 0.29) is 16.3 Å². The summed E-state index contributed by atoms with van der Waals surface area (Å²) in [4.78, 5) is 0.0995. The maximum Gasteiger partial charge on any atom is 0.176 e. The van der Waals surface area contributed by atoms with Gasteiger partial charge in [0.1, 0.15) is 5.84 Å². The lowest BCUT2D eigenvalue weighted by Crippen LogP contribution is -2.15. The summed E-state index contributed by atoms with van der Waals surface area (Å²) in [5, 5.41) is 7.17. The number of rotatable bonds is 2. The fourth-order valence-corrected chi connectivity index (χ4v) is 1.92. The van der Waals surface area contributed by atoms with Crippen LogP contribution in [-0.2, 0) is 9.84 Å². The van der Waals surface area contributed by atoms with E-state index in [1.807, 2.05) is 0 Å². The van der Waals surface area contributed by atoms with Gasteiger partial charge in [0.15, 0.2) is 9.84 Å². The molecule has 0 aromatic heterocycles. The van der Waals surface area contributed by atoms with Crippen LogP contribution in [0.4, 0.5) is 0 Å². The van der Waals surface area contributed by atoms with Gasteiger partial charge in [0, 0.05) is 11.8 Å². The first-order valence-corrected chi connectivity index (χ1v) is 5.45. The highest BCUT2D eigenvalue weighted by Crippen LogP contribution is 2.13. The van der Waals surface area contributed by atoms with E-state index in [2.05, 4.69) is 0 Å². The van der Waals surface area contributed by atoms with E-state index in [1.54, 1.807) is 12.1 Å². The number of hydrogen-bond donors (Lipinski definition) is 2. The first kappa shape index (κ1) is 9.73. The quantitative estimate of drug-likeness (QED) is 0.532. The van der Waals surface area contributed by atoms with Gasteiger partial charge in [0.2, 0.25) is 0 Å². The van der Waals surface area contributed by atoms with Crippen LogP contribution >= 0.6 is 0 Å². The van der Waals surface area contributed by atoms with E-state index >= 15 is 0 Å². The Morgan fingerprint density at radius 3 is 2.31 bits per heavy atom. The molecule has 13 heavy (non-hydrogen) atoms. The Morgan fingerprint density at radius 1 is 1.38 bits per heavy atom. The molecule has 1 aromatic carbocycles. The Labute approximate surface area is 76.8 Å². The summed E-state index contributed by atoms with van der Waals surface area (Å²) in [7, 11) is -3.30. The van der Waals surface area contributed by atoms with Gasteiger partial charge in [-0.05, 0) is 12.1 Å². The van der Waals surface area contributed by atoms with Crippen molar-refractivity contribution >= 4 is 15.7 Å². The number of nitrogens with two attached hydrogens (primary N) is 1. The molecule has 0 unspecified atom stereocenters. The van der Waals surface area contributed by atoms with Crippen LogP contribution < -0.4 is 5.73 Å². The van der Waals surface area contributed by atoms with Crippen LogP contribution in [0.15, 0.2) is 29.2 Å².